The Bertz CT molecular complexity index is 205. The van der Waals surface area contributed by atoms with Crippen LogP contribution in [0.2, 0.25) is 0 Å². The van der Waals surface area contributed by atoms with Crippen LogP contribution in [0.25, 0.3) is 0 Å². The summed E-state index contributed by atoms with van der Waals surface area (Å²) in [5, 5.41) is 11.4. The van der Waals surface area contributed by atoms with Gasteiger partial charge in [-0.25, -0.2) is 0 Å². The van der Waals surface area contributed by atoms with Gasteiger partial charge in [0.15, 0.2) is 0 Å². The molecule has 0 aliphatic heterocycles. The first kappa shape index (κ1) is 11.0. The Kier molecular flexibility index (Phi) is 3.92. The first-order valence-electron chi connectivity index (χ1n) is 5.08. The number of carbonyl (C=O) groups is 2. The zero-order chi connectivity index (χ0) is 10.6. The molecule has 0 saturated heterocycles. The highest BCUT2D eigenvalue weighted by Gasteiger charge is 2.27. The smallest absolute Gasteiger partial charge is 0.305 e. The number of aliphatic carboxylic acids is 1. The quantitative estimate of drug-likeness (QED) is 0.714. The molecule has 0 spiro atoms. The topological polar surface area (TPSA) is 66.4 Å². The predicted molar refractivity (Wildman–Crippen MR) is 51.8 cm³/mol. The van der Waals surface area contributed by atoms with Crippen molar-refractivity contribution in [1.82, 2.24) is 5.32 Å². The lowest BCUT2D eigenvalue weighted by Crippen LogP contribution is -2.39. The van der Waals surface area contributed by atoms with Gasteiger partial charge in [0.1, 0.15) is 0 Å². The predicted octanol–water partition coefficient (Wildman–Crippen LogP) is 1.16. The van der Waals surface area contributed by atoms with E-state index in [0.717, 1.165) is 25.7 Å². The molecule has 1 fully saturated rings. The number of rotatable bonds is 4. The minimum Gasteiger partial charge on any atom is -0.481 e. The van der Waals surface area contributed by atoms with E-state index in [-0.39, 0.29) is 18.4 Å². The average molecular weight is 199 g/mol. The van der Waals surface area contributed by atoms with Crippen LogP contribution in [0.15, 0.2) is 0 Å². The van der Waals surface area contributed by atoms with E-state index in [1.165, 1.54) is 6.92 Å². The van der Waals surface area contributed by atoms with Crippen molar-refractivity contribution in [3.63, 3.8) is 0 Å². The molecule has 1 aliphatic carbocycles. The van der Waals surface area contributed by atoms with Gasteiger partial charge in [0, 0.05) is 13.0 Å². The first-order chi connectivity index (χ1) is 6.59. The Morgan fingerprint density at radius 2 is 2.00 bits per heavy atom. The van der Waals surface area contributed by atoms with Gasteiger partial charge in [-0.05, 0) is 18.8 Å². The summed E-state index contributed by atoms with van der Waals surface area (Å²) in [5.41, 5.74) is 0. The number of carboxylic acid groups (broad SMARTS) is 1. The van der Waals surface area contributed by atoms with Gasteiger partial charge < -0.3 is 10.4 Å². The molecule has 80 valence electrons. The van der Waals surface area contributed by atoms with Gasteiger partial charge >= 0.3 is 5.97 Å². The lowest BCUT2D eigenvalue weighted by atomic mass is 9.95. The highest BCUT2D eigenvalue weighted by atomic mass is 16.4. The van der Waals surface area contributed by atoms with E-state index in [0.29, 0.717) is 5.92 Å². The van der Waals surface area contributed by atoms with Gasteiger partial charge in [-0.1, -0.05) is 12.8 Å². The molecular weight excluding hydrogens is 182 g/mol. The lowest BCUT2D eigenvalue weighted by molar-refractivity contribution is -0.138. The molecule has 0 radical (unpaired) electrons. The van der Waals surface area contributed by atoms with Gasteiger partial charge in [0.05, 0.1) is 6.42 Å². The number of nitrogens with one attached hydrogen (secondary N) is 1. The van der Waals surface area contributed by atoms with Crippen LogP contribution in [0.4, 0.5) is 0 Å². The maximum atomic E-state index is 10.9. The molecule has 1 saturated carbocycles. The number of carboxylic acids is 1. The molecule has 1 aliphatic rings. The van der Waals surface area contributed by atoms with Crippen molar-refractivity contribution in [2.75, 3.05) is 0 Å². The van der Waals surface area contributed by atoms with Crippen molar-refractivity contribution in [2.24, 2.45) is 5.92 Å². The van der Waals surface area contributed by atoms with Crippen molar-refractivity contribution >= 4 is 11.9 Å². The summed E-state index contributed by atoms with van der Waals surface area (Å²) in [7, 11) is 0. The Hall–Kier alpha value is -1.06. The molecule has 1 amide bonds. The number of carbonyl (C=O) groups excluding carboxylic acids is 1. The second-order valence-corrected chi connectivity index (χ2v) is 3.95. The molecule has 14 heavy (non-hydrogen) atoms. The van der Waals surface area contributed by atoms with Crippen molar-refractivity contribution in [3.05, 3.63) is 0 Å². The molecular formula is C10H17NO3. The third kappa shape index (κ3) is 3.36. The fourth-order valence-electron chi connectivity index (χ4n) is 2.14. The van der Waals surface area contributed by atoms with E-state index in [1.54, 1.807) is 0 Å². The molecule has 0 heterocycles. The summed E-state index contributed by atoms with van der Waals surface area (Å²) in [5.74, 6) is -0.617. The van der Waals surface area contributed by atoms with Gasteiger partial charge in [0.2, 0.25) is 5.91 Å². The largest absolute Gasteiger partial charge is 0.481 e. The van der Waals surface area contributed by atoms with Crippen LogP contribution >= 0.6 is 0 Å². The second kappa shape index (κ2) is 4.98. The highest BCUT2D eigenvalue weighted by Crippen LogP contribution is 2.28. The zero-order valence-electron chi connectivity index (χ0n) is 8.45. The molecule has 4 heteroatoms. The third-order valence-corrected chi connectivity index (χ3v) is 2.75. The molecule has 2 N–H and O–H groups in total. The summed E-state index contributed by atoms with van der Waals surface area (Å²) in [4.78, 5) is 21.5. The Morgan fingerprint density at radius 3 is 2.43 bits per heavy atom. The summed E-state index contributed by atoms with van der Waals surface area (Å²) in [6.45, 7) is 1.43. The molecule has 0 aromatic heterocycles. The lowest BCUT2D eigenvalue weighted by Gasteiger charge is -2.22. The molecule has 4 nitrogen and oxygen atoms in total. The van der Waals surface area contributed by atoms with Crippen molar-refractivity contribution in [1.29, 1.82) is 0 Å². The summed E-state index contributed by atoms with van der Waals surface area (Å²) in [6, 6.07) is -0.174. The van der Waals surface area contributed by atoms with Crippen LogP contribution in [0.5, 0.6) is 0 Å². The summed E-state index contributed by atoms with van der Waals surface area (Å²) in [6.07, 6.45) is 4.43. The fraction of sp³-hybridized carbons (Fsp3) is 0.800. The van der Waals surface area contributed by atoms with Crippen molar-refractivity contribution < 1.29 is 14.7 Å². The molecule has 1 atom stereocenters. The Labute approximate surface area is 83.7 Å². The molecule has 0 bridgehead atoms. The van der Waals surface area contributed by atoms with E-state index in [4.69, 9.17) is 5.11 Å². The van der Waals surface area contributed by atoms with Crippen LogP contribution in [-0.4, -0.2) is 23.0 Å². The Morgan fingerprint density at radius 1 is 1.43 bits per heavy atom. The number of hydrogen-bond acceptors (Lipinski definition) is 2. The van der Waals surface area contributed by atoms with E-state index < -0.39 is 5.97 Å². The van der Waals surface area contributed by atoms with E-state index >= 15 is 0 Å². The number of hydrogen-bond donors (Lipinski definition) is 2. The molecule has 0 unspecified atom stereocenters. The summed E-state index contributed by atoms with van der Waals surface area (Å²) < 4.78 is 0. The standard InChI is InChI=1S/C10H17NO3/c1-7(12)11-9(6-10(13)14)8-4-2-3-5-8/h8-9H,2-6H2,1H3,(H,11,12)(H,13,14)/t9-/m1/s1. The van der Waals surface area contributed by atoms with E-state index in [2.05, 4.69) is 5.32 Å². The SMILES string of the molecule is CC(=O)N[C@H](CC(=O)O)C1CCCC1. The minimum absolute atomic E-state index is 0.0459. The molecule has 1 rings (SSSR count). The van der Waals surface area contributed by atoms with E-state index in [9.17, 15) is 9.59 Å². The van der Waals surface area contributed by atoms with Gasteiger partial charge in [-0.3, -0.25) is 9.59 Å². The van der Waals surface area contributed by atoms with Crippen molar-refractivity contribution in [2.45, 2.75) is 45.1 Å². The third-order valence-electron chi connectivity index (χ3n) is 2.75. The second-order valence-electron chi connectivity index (χ2n) is 3.95. The van der Waals surface area contributed by atoms with Crippen molar-refractivity contribution in [3.8, 4) is 0 Å². The van der Waals surface area contributed by atoms with Crippen LogP contribution in [-0.2, 0) is 9.59 Å². The summed E-state index contributed by atoms with van der Waals surface area (Å²) >= 11 is 0. The van der Waals surface area contributed by atoms with Crippen LogP contribution in [0.1, 0.15) is 39.0 Å². The van der Waals surface area contributed by atoms with Gasteiger partial charge in [-0.15, -0.1) is 0 Å². The first-order valence-corrected chi connectivity index (χ1v) is 5.08. The molecule has 0 aromatic rings. The molecule has 0 aromatic carbocycles. The maximum Gasteiger partial charge on any atom is 0.305 e. The van der Waals surface area contributed by atoms with Gasteiger partial charge in [0.25, 0.3) is 0 Å². The van der Waals surface area contributed by atoms with Crippen LogP contribution in [0.3, 0.4) is 0 Å². The highest BCUT2D eigenvalue weighted by molar-refractivity contribution is 5.75. The monoisotopic (exact) mass is 199 g/mol. The average Bonchev–Trinajstić information content (AvgIpc) is 2.52. The van der Waals surface area contributed by atoms with Crippen LogP contribution < -0.4 is 5.32 Å². The Balaban J connectivity index is 2.50. The van der Waals surface area contributed by atoms with Crippen LogP contribution in [0, 0.1) is 5.92 Å². The number of amides is 1. The zero-order valence-corrected chi connectivity index (χ0v) is 8.45. The van der Waals surface area contributed by atoms with Gasteiger partial charge in [-0.2, -0.15) is 0 Å². The maximum absolute atomic E-state index is 10.9. The van der Waals surface area contributed by atoms with E-state index in [1.807, 2.05) is 0 Å². The normalized spacial score (nSPS) is 19.2. The fourth-order valence-corrected chi connectivity index (χ4v) is 2.14. The minimum atomic E-state index is -0.837.